The minimum Gasteiger partial charge on any atom is -0.300 e. The van der Waals surface area contributed by atoms with Crippen LogP contribution in [0.25, 0.3) is 11.3 Å². The standard InChI is InChI=1S/C18H19N5OS2/c1-4-16-21-23-18(26-16)19-15(24)10-25-17-8-7-14(20-22-17)13-9-11(2)5-6-12(13)3/h5-9H,4,10H2,1-3H3,(H,19,23,24). The van der Waals surface area contributed by atoms with Crippen LogP contribution in [-0.4, -0.2) is 32.1 Å². The SMILES string of the molecule is CCc1nnc(NC(=O)CSc2ccc(-c3cc(C)ccc3C)nn2)s1. The molecule has 0 aliphatic heterocycles. The summed E-state index contributed by atoms with van der Waals surface area (Å²) < 4.78 is 0. The van der Waals surface area contributed by atoms with Gasteiger partial charge in [0.2, 0.25) is 11.0 Å². The number of nitrogens with zero attached hydrogens (tertiary/aromatic N) is 4. The molecular weight excluding hydrogens is 366 g/mol. The molecule has 0 radical (unpaired) electrons. The number of nitrogens with one attached hydrogen (secondary N) is 1. The summed E-state index contributed by atoms with van der Waals surface area (Å²) in [6, 6.07) is 10.1. The Balaban J connectivity index is 1.59. The van der Waals surface area contributed by atoms with Crippen LogP contribution in [0.1, 0.15) is 23.1 Å². The van der Waals surface area contributed by atoms with E-state index in [1.807, 2.05) is 19.1 Å². The molecule has 26 heavy (non-hydrogen) atoms. The molecule has 1 N–H and O–H groups in total. The molecule has 2 aromatic heterocycles. The number of aryl methyl sites for hydroxylation is 3. The van der Waals surface area contributed by atoms with Crippen LogP contribution in [0.5, 0.6) is 0 Å². The van der Waals surface area contributed by atoms with Crippen LogP contribution in [-0.2, 0) is 11.2 Å². The summed E-state index contributed by atoms with van der Waals surface area (Å²) in [6.45, 7) is 6.12. The smallest absolute Gasteiger partial charge is 0.236 e. The van der Waals surface area contributed by atoms with Crippen molar-refractivity contribution in [3.63, 3.8) is 0 Å². The lowest BCUT2D eigenvalue weighted by Crippen LogP contribution is -2.14. The van der Waals surface area contributed by atoms with Crippen LogP contribution < -0.4 is 5.32 Å². The van der Waals surface area contributed by atoms with Crippen molar-refractivity contribution in [1.29, 1.82) is 0 Å². The first-order valence-corrected chi connectivity index (χ1v) is 10.0. The first-order valence-electron chi connectivity index (χ1n) is 8.21. The maximum Gasteiger partial charge on any atom is 0.236 e. The average Bonchev–Trinajstić information content (AvgIpc) is 3.10. The Morgan fingerprint density at radius 3 is 2.65 bits per heavy atom. The predicted molar refractivity (Wildman–Crippen MR) is 106 cm³/mol. The quantitative estimate of drug-likeness (QED) is 0.648. The van der Waals surface area contributed by atoms with Crippen LogP contribution in [0.15, 0.2) is 35.4 Å². The van der Waals surface area contributed by atoms with E-state index < -0.39 is 0 Å². The minimum atomic E-state index is -0.130. The molecule has 6 nitrogen and oxygen atoms in total. The number of rotatable bonds is 6. The highest BCUT2D eigenvalue weighted by atomic mass is 32.2. The Labute approximate surface area is 160 Å². The molecule has 0 aliphatic carbocycles. The van der Waals surface area contributed by atoms with E-state index in [2.05, 4.69) is 57.8 Å². The zero-order chi connectivity index (χ0) is 18.5. The summed E-state index contributed by atoms with van der Waals surface area (Å²) in [5, 5.41) is 21.4. The first kappa shape index (κ1) is 18.5. The molecule has 0 aliphatic rings. The fourth-order valence-corrected chi connectivity index (χ4v) is 3.60. The molecule has 1 amide bonds. The van der Waals surface area contributed by atoms with Gasteiger partial charge in [-0.15, -0.1) is 20.4 Å². The number of benzene rings is 1. The lowest BCUT2D eigenvalue weighted by Gasteiger charge is -2.06. The van der Waals surface area contributed by atoms with E-state index in [0.29, 0.717) is 10.2 Å². The van der Waals surface area contributed by atoms with Gasteiger partial charge in [0.15, 0.2) is 0 Å². The van der Waals surface area contributed by atoms with Gasteiger partial charge >= 0.3 is 0 Å². The van der Waals surface area contributed by atoms with Crippen molar-refractivity contribution in [2.45, 2.75) is 32.2 Å². The highest BCUT2D eigenvalue weighted by Crippen LogP contribution is 2.24. The topological polar surface area (TPSA) is 80.7 Å². The summed E-state index contributed by atoms with van der Waals surface area (Å²) in [5.41, 5.74) is 4.26. The van der Waals surface area contributed by atoms with Crippen molar-refractivity contribution in [3.8, 4) is 11.3 Å². The monoisotopic (exact) mass is 385 g/mol. The molecule has 1 aromatic carbocycles. The molecule has 0 spiro atoms. The number of amides is 1. The second kappa shape index (κ2) is 8.37. The van der Waals surface area contributed by atoms with E-state index in [1.165, 1.54) is 28.7 Å². The maximum absolute atomic E-state index is 12.0. The highest BCUT2D eigenvalue weighted by Gasteiger charge is 2.10. The zero-order valence-electron chi connectivity index (χ0n) is 14.8. The number of anilines is 1. The molecule has 0 atom stereocenters. The normalized spacial score (nSPS) is 10.7. The van der Waals surface area contributed by atoms with Crippen molar-refractivity contribution < 1.29 is 4.79 Å². The molecule has 2 heterocycles. The summed E-state index contributed by atoms with van der Waals surface area (Å²) in [7, 11) is 0. The molecule has 0 saturated heterocycles. The Kier molecular flexibility index (Phi) is 5.95. The maximum atomic E-state index is 12.0. The number of hydrogen-bond donors (Lipinski definition) is 1. The van der Waals surface area contributed by atoms with E-state index in [4.69, 9.17) is 0 Å². The lowest BCUT2D eigenvalue weighted by molar-refractivity contribution is -0.113. The van der Waals surface area contributed by atoms with Crippen LogP contribution in [0.4, 0.5) is 5.13 Å². The van der Waals surface area contributed by atoms with Crippen molar-refractivity contribution in [1.82, 2.24) is 20.4 Å². The third-order valence-electron chi connectivity index (χ3n) is 3.68. The van der Waals surface area contributed by atoms with Crippen molar-refractivity contribution in [2.75, 3.05) is 11.1 Å². The third kappa shape index (κ3) is 4.64. The van der Waals surface area contributed by atoms with Crippen LogP contribution in [0, 0.1) is 13.8 Å². The summed E-state index contributed by atoms with van der Waals surface area (Å²) in [5.74, 6) is 0.118. The highest BCUT2D eigenvalue weighted by molar-refractivity contribution is 7.99. The molecule has 0 fully saturated rings. The Morgan fingerprint density at radius 1 is 1.12 bits per heavy atom. The second-order valence-corrected chi connectivity index (χ2v) is 7.82. The zero-order valence-corrected chi connectivity index (χ0v) is 16.4. The fraction of sp³-hybridized carbons (Fsp3) is 0.278. The van der Waals surface area contributed by atoms with Gasteiger partial charge in [0.05, 0.1) is 11.4 Å². The minimum absolute atomic E-state index is 0.130. The van der Waals surface area contributed by atoms with E-state index in [0.717, 1.165) is 28.2 Å². The van der Waals surface area contributed by atoms with Crippen LogP contribution in [0.2, 0.25) is 0 Å². The van der Waals surface area contributed by atoms with Gasteiger partial charge < -0.3 is 0 Å². The van der Waals surface area contributed by atoms with Crippen LogP contribution in [0.3, 0.4) is 0 Å². The van der Waals surface area contributed by atoms with Gasteiger partial charge in [0, 0.05) is 5.56 Å². The summed E-state index contributed by atoms with van der Waals surface area (Å²) in [6.07, 6.45) is 0.810. The van der Waals surface area contributed by atoms with Crippen molar-refractivity contribution in [2.24, 2.45) is 0 Å². The fourth-order valence-electron chi connectivity index (χ4n) is 2.29. The molecule has 0 unspecified atom stereocenters. The molecule has 134 valence electrons. The number of carbonyl (C=O) groups is 1. The molecular formula is C18H19N5OS2. The predicted octanol–water partition coefficient (Wildman–Crippen LogP) is 3.91. The van der Waals surface area contributed by atoms with E-state index in [9.17, 15) is 4.79 Å². The van der Waals surface area contributed by atoms with Gasteiger partial charge in [-0.3, -0.25) is 10.1 Å². The van der Waals surface area contributed by atoms with Crippen molar-refractivity contribution in [3.05, 3.63) is 46.5 Å². The largest absolute Gasteiger partial charge is 0.300 e. The van der Waals surface area contributed by atoms with Gasteiger partial charge in [-0.25, -0.2) is 0 Å². The van der Waals surface area contributed by atoms with Gasteiger partial charge in [-0.05, 0) is 44.0 Å². The Bertz CT molecular complexity index is 908. The Hall–Kier alpha value is -2.32. The van der Waals surface area contributed by atoms with E-state index >= 15 is 0 Å². The second-order valence-electron chi connectivity index (χ2n) is 5.77. The molecule has 3 rings (SSSR count). The first-order chi connectivity index (χ1) is 12.5. The van der Waals surface area contributed by atoms with Gasteiger partial charge in [-0.1, -0.05) is 47.7 Å². The summed E-state index contributed by atoms with van der Waals surface area (Å²) >= 11 is 2.74. The summed E-state index contributed by atoms with van der Waals surface area (Å²) in [4.78, 5) is 12.0. The van der Waals surface area contributed by atoms with E-state index in [1.54, 1.807) is 0 Å². The van der Waals surface area contributed by atoms with Gasteiger partial charge in [0.1, 0.15) is 10.0 Å². The average molecular weight is 386 g/mol. The molecule has 3 aromatic rings. The van der Waals surface area contributed by atoms with Gasteiger partial charge in [-0.2, -0.15) is 0 Å². The van der Waals surface area contributed by atoms with Crippen LogP contribution >= 0.6 is 23.1 Å². The van der Waals surface area contributed by atoms with Gasteiger partial charge in [0.25, 0.3) is 0 Å². The number of aromatic nitrogens is 4. The van der Waals surface area contributed by atoms with E-state index in [-0.39, 0.29) is 11.7 Å². The molecule has 0 bridgehead atoms. The number of carbonyl (C=O) groups excluding carboxylic acids is 1. The molecule has 0 saturated carbocycles. The lowest BCUT2D eigenvalue weighted by atomic mass is 10.0. The molecule has 8 heteroatoms. The third-order valence-corrected chi connectivity index (χ3v) is 5.58. The van der Waals surface area contributed by atoms with Crippen molar-refractivity contribution >= 4 is 34.1 Å². The number of hydrogen-bond acceptors (Lipinski definition) is 7. The number of thioether (sulfide) groups is 1. The Morgan fingerprint density at radius 2 is 1.96 bits per heavy atom.